The van der Waals surface area contributed by atoms with Gasteiger partial charge in [-0.15, -0.1) is 0 Å². The predicted octanol–water partition coefficient (Wildman–Crippen LogP) is 4.48. The number of nitrogens with zero attached hydrogens (tertiary/aromatic N) is 2. The van der Waals surface area contributed by atoms with Gasteiger partial charge in [-0.05, 0) is 81.7 Å². The fourth-order valence-corrected chi connectivity index (χ4v) is 5.93. The van der Waals surface area contributed by atoms with Crippen LogP contribution in [0.3, 0.4) is 0 Å². The van der Waals surface area contributed by atoms with Crippen LogP contribution in [0.2, 0.25) is 0 Å². The lowest BCUT2D eigenvalue weighted by atomic mass is 9.97. The summed E-state index contributed by atoms with van der Waals surface area (Å²) >= 11 is 0. The SMILES string of the molecule is CN(CC1CCCN(S(=O)(=O)C2=Cc3ccc(OC(F)F)cc3CC2)C1)C(=O)OC(C)(C)C. The van der Waals surface area contributed by atoms with Gasteiger partial charge in [0.25, 0.3) is 0 Å². The molecular weight excluding hydrogens is 454 g/mol. The molecule has 0 aromatic heterocycles. The van der Waals surface area contributed by atoms with Crippen molar-refractivity contribution in [3.8, 4) is 5.75 Å². The van der Waals surface area contributed by atoms with Gasteiger partial charge in [0.1, 0.15) is 11.4 Å². The normalized spacial score (nSPS) is 19.6. The second-order valence-electron chi connectivity index (χ2n) is 9.58. The van der Waals surface area contributed by atoms with Gasteiger partial charge < -0.3 is 14.4 Å². The van der Waals surface area contributed by atoms with E-state index in [1.165, 1.54) is 21.3 Å². The van der Waals surface area contributed by atoms with Crippen molar-refractivity contribution < 1.29 is 31.5 Å². The van der Waals surface area contributed by atoms with Gasteiger partial charge in [-0.25, -0.2) is 13.2 Å². The van der Waals surface area contributed by atoms with Crippen molar-refractivity contribution >= 4 is 22.2 Å². The van der Waals surface area contributed by atoms with Crippen molar-refractivity contribution in [2.45, 2.75) is 58.7 Å². The highest BCUT2D eigenvalue weighted by Crippen LogP contribution is 2.33. The Hall–Kier alpha value is -2.20. The van der Waals surface area contributed by atoms with Gasteiger partial charge in [-0.3, -0.25) is 0 Å². The molecule has 33 heavy (non-hydrogen) atoms. The zero-order valence-corrected chi connectivity index (χ0v) is 20.3. The third-order valence-corrected chi connectivity index (χ3v) is 7.68. The van der Waals surface area contributed by atoms with Crippen molar-refractivity contribution in [1.82, 2.24) is 9.21 Å². The van der Waals surface area contributed by atoms with Crippen LogP contribution in [0.5, 0.6) is 5.75 Å². The van der Waals surface area contributed by atoms with Crippen molar-refractivity contribution in [2.75, 3.05) is 26.7 Å². The highest BCUT2D eigenvalue weighted by atomic mass is 32.2. The average Bonchev–Trinajstić information content (AvgIpc) is 2.71. The first-order valence-electron chi connectivity index (χ1n) is 11.1. The lowest BCUT2D eigenvalue weighted by Crippen LogP contribution is -2.45. The topological polar surface area (TPSA) is 76.2 Å². The first-order valence-corrected chi connectivity index (χ1v) is 12.5. The van der Waals surface area contributed by atoms with Crippen molar-refractivity contribution in [1.29, 1.82) is 0 Å². The van der Waals surface area contributed by atoms with Crippen molar-refractivity contribution in [3.63, 3.8) is 0 Å². The zero-order valence-electron chi connectivity index (χ0n) is 19.5. The number of amides is 1. The second-order valence-corrected chi connectivity index (χ2v) is 11.6. The monoisotopic (exact) mass is 486 g/mol. The van der Waals surface area contributed by atoms with Crippen LogP contribution in [0, 0.1) is 5.92 Å². The molecule has 1 fully saturated rings. The van der Waals surface area contributed by atoms with Crippen LogP contribution in [-0.2, 0) is 21.2 Å². The van der Waals surface area contributed by atoms with E-state index in [0.29, 0.717) is 49.4 Å². The summed E-state index contributed by atoms with van der Waals surface area (Å²) in [4.78, 5) is 14.1. The van der Waals surface area contributed by atoms with E-state index in [4.69, 9.17) is 4.74 Å². The highest BCUT2D eigenvalue weighted by Gasteiger charge is 2.34. The number of carbonyl (C=O) groups is 1. The maximum atomic E-state index is 13.3. The Bertz CT molecular complexity index is 1000. The van der Waals surface area contributed by atoms with Gasteiger partial charge in [0, 0.05) is 26.7 Å². The third-order valence-electron chi connectivity index (χ3n) is 5.69. The smallest absolute Gasteiger partial charge is 0.410 e. The molecule has 0 bridgehead atoms. The molecule has 1 aliphatic carbocycles. The minimum atomic E-state index is -3.67. The van der Waals surface area contributed by atoms with Gasteiger partial charge in [-0.2, -0.15) is 13.1 Å². The Morgan fingerprint density at radius 1 is 1.27 bits per heavy atom. The van der Waals surface area contributed by atoms with E-state index in [-0.39, 0.29) is 11.7 Å². The molecule has 0 spiro atoms. The van der Waals surface area contributed by atoms with E-state index < -0.39 is 28.3 Å². The quantitative estimate of drug-likeness (QED) is 0.593. The molecule has 184 valence electrons. The minimum absolute atomic E-state index is 0.0107. The third kappa shape index (κ3) is 6.66. The molecule has 0 N–H and O–H groups in total. The standard InChI is InChI=1S/C23H32F2N2O5S/c1-23(2,3)32-22(28)26(4)14-16-6-5-11-27(15-16)33(29,30)20-10-8-17-12-19(31-21(24)25)9-7-18(17)13-20/h7,9,12-13,16,21H,5-6,8,10-11,14-15H2,1-4H3. The van der Waals surface area contributed by atoms with E-state index in [2.05, 4.69) is 4.74 Å². The first-order chi connectivity index (χ1) is 15.3. The molecule has 0 radical (unpaired) electrons. The largest absolute Gasteiger partial charge is 0.444 e. The summed E-state index contributed by atoms with van der Waals surface area (Å²) in [5, 5.41) is 0. The number of ether oxygens (including phenoxy) is 2. The molecule has 1 amide bonds. The van der Waals surface area contributed by atoms with Gasteiger partial charge in [0.05, 0.1) is 4.91 Å². The lowest BCUT2D eigenvalue weighted by molar-refractivity contribution is -0.0498. The molecular formula is C23H32F2N2O5S. The molecule has 1 unspecified atom stereocenters. The average molecular weight is 487 g/mol. The maximum Gasteiger partial charge on any atom is 0.410 e. The van der Waals surface area contributed by atoms with E-state index >= 15 is 0 Å². The van der Waals surface area contributed by atoms with Gasteiger partial charge in [0.15, 0.2) is 0 Å². The molecule has 3 rings (SSSR count). The van der Waals surface area contributed by atoms with Crippen molar-refractivity contribution in [2.24, 2.45) is 5.92 Å². The van der Waals surface area contributed by atoms with Gasteiger partial charge in [0.2, 0.25) is 10.0 Å². The molecule has 1 saturated heterocycles. The summed E-state index contributed by atoms with van der Waals surface area (Å²) in [6.45, 7) is 3.68. The number of halogens is 2. The maximum absolute atomic E-state index is 13.3. The highest BCUT2D eigenvalue weighted by molar-refractivity contribution is 7.93. The summed E-state index contributed by atoms with van der Waals surface area (Å²) in [5.41, 5.74) is 0.880. The number of rotatable bonds is 6. The van der Waals surface area contributed by atoms with Crippen LogP contribution in [0.25, 0.3) is 6.08 Å². The summed E-state index contributed by atoms with van der Waals surface area (Å²) < 4.78 is 62.9. The van der Waals surface area contributed by atoms with E-state index in [1.54, 1.807) is 40.0 Å². The number of allylic oxidation sites excluding steroid dienone is 1. The van der Waals surface area contributed by atoms with Crippen LogP contribution in [-0.4, -0.2) is 62.6 Å². The summed E-state index contributed by atoms with van der Waals surface area (Å²) in [6.07, 6.45) is 3.46. The fourth-order valence-electron chi connectivity index (χ4n) is 4.18. The number of piperidine rings is 1. The van der Waals surface area contributed by atoms with E-state index in [1.807, 2.05) is 0 Å². The molecule has 1 aliphatic heterocycles. The number of hydrogen-bond donors (Lipinski definition) is 0. The molecule has 2 aliphatic rings. The number of carbonyl (C=O) groups excluding carboxylic acids is 1. The number of sulfonamides is 1. The summed E-state index contributed by atoms with van der Waals surface area (Å²) in [7, 11) is -2.01. The first kappa shape index (κ1) is 25.4. The second kappa shape index (κ2) is 9.97. The lowest BCUT2D eigenvalue weighted by Gasteiger charge is -2.35. The molecule has 0 saturated carbocycles. The molecule has 7 nitrogen and oxygen atoms in total. The fraction of sp³-hybridized carbons (Fsp3) is 0.609. The van der Waals surface area contributed by atoms with Crippen LogP contribution >= 0.6 is 0 Å². The summed E-state index contributed by atoms with van der Waals surface area (Å²) in [6, 6.07) is 4.56. The molecule has 1 atom stereocenters. The minimum Gasteiger partial charge on any atom is -0.444 e. The Labute approximate surface area is 194 Å². The van der Waals surface area contributed by atoms with Crippen LogP contribution in [0.1, 0.15) is 51.2 Å². The summed E-state index contributed by atoms with van der Waals surface area (Å²) in [5.74, 6) is 0.0769. The van der Waals surface area contributed by atoms with Crippen LogP contribution < -0.4 is 4.74 Å². The molecule has 1 aromatic rings. The number of aryl methyl sites for hydroxylation is 1. The molecule has 10 heteroatoms. The Kier molecular flexibility index (Phi) is 7.68. The Morgan fingerprint density at radius 3 is 2.67 bits per heavy atom. The predicted molar refractivity (Wildman–Crippen MR) is 121 cm³/mol. The zero-order chi connectivity index (χ0) is 24.4. The number of alkyl halides is 2. The van der Waals surface area contributed by atoms with Gasteiger partial charge >= 0.3 is 12.7 Å². The van der Waals surface area contributed by atoms with Gasteiger partial charge in [-0.1, -0.05) is 6.07 Å². The van der Waals surface area contributed by atoms with E-state index in [0.717, 1.165) is 12.0 Å². The number of hydrogen-bond acceptors (Lipinski definition) is 5. The van der Waals surface area contributed by atoms with Crippen molar-refractivity contribution in [3.05, 3.63) is 34.2 Å². The molecule has 1 aromatic carbocycles. The van der Waals surface area contributed by atoms with E-state index in [9.17, 15) is 22.0 Å². The number of fused-ring (bicyclic) bond motifs is 1. The number of benzene rings is 1. The molecule has 1 heterocycles. The van der Waals surface area contributed by atoms with Crippen LogP contribution in [0.15, 0.2) is 23.1 Å². The van der Waals surface area contributed by atoms with Crippen LogP contribution in [0.4, 0.5) is 13.6 Å². The Balaban J connectivity index is 1.68. The Morgan fingerprint density at radius 2 is 2.00 bits per heavy atom.